The van der Waals surface area contributed by atoms with Gasteiger partial charge in [-0.2, -0.15) is 0 Å². The van der Waals surface area contributed by atoms with E-state index in [-0.39, 0.29) is 12.4 Å². The molecule has 0 fully saturated rings. The van der Waals surface area contributed by atoms with Crippen molar-refractivity contribution in [3.8, 4) is 11.5 Å². The highest BCUT2D eigenvalue weighted by Crippen LogP contribution is 2.32. The van der Waals surface area contributed by atoms with Gasteiger partial charge in [-0.05, 0) is 18.6 Å². The van der Waals surface area contributed by atoms with Gasteiger partial charge in [0, 0.05) is 0 Å². The fraction of sp³-hybridized carbons (Fsp3) is 0.364. The Kier molecular flexibility index (Phi) is 4.41. The number of rotatable bonds is 5. The van der Waals surface area contributed by atoms with Gasteiger partial charge in [0.05, 0.1) is 6.61 Å². The van der Waals surface area contributed by atoms with E-state index in [1.54, 1.807) is 6.92 Å². The van der Waals surface area contributed by atoms with Crippen LogP contribution in [-0.4, -0.2) is 24.0 Å². The summed E-state index contributed by atoms with van der Waals surface area (Å²) >= 11 is 0. The van der Waals surface area contributed by atoms with Crippen LogP contribution < -0.4 is 9.47 Å². The molecule has 18 heavy (non-hydrogen) atoms. The van der Waals surface area contributed by atoms with E-state index >= 15 is 0 Å². The van der Waals surface area contributed by atoms with Crippen molar-refractivity contribution in [2.24, 2.45) is 0 Å². The van der Waals surface area contributed by atoms with Crippen LogP contribution >= 0.6 is 0 Å². The van der Waals surface area contributed by atoms with Crippen LogP contribution in [0.1, 0.15) is 23.7 Å². The van der Waals surface area contributed by atoms with Crippen molar-refractivity contribution < 1.29 is 32.5 Å². The second-order valence-corrected chi connectivity index (χ2v) is 3.33. The maximum absolute atomic E-state index is 12.1. The molecule has 0 atom stereocenters. The van der Waals surface area contributed by atoms with Crippen molar-refractivity contribution in [2.45, 2.75) is 19.7 Å². The Hall–Kier alpha value is -1.92. The van der Waals surface area contributed by atoms with Crippen LogP contribution in [0.5, 0.6) is 11.5 Å². The predicted molar refractivity (Wildman–Crippen MR) is 55.9 cm³/mol. The molecule has 0 aliphatic heterocycles. The van der Waals surface area contributed by atoms with Crippen molar-refractivity contribution in [3.05, 3.63) is 23.8 Å². The SMILES string of the molecule is CCCOc1cccc(OC(F)(F)F)c1C(=O)O. The topological polar surface area (TPSA) is 55.8 Å². The summed E-state index contributed by atoms with van der Waals surface area (Å²) in [6.45, 7) is 1.99. The van der Waals surface area contributed by atoms with Crippen LogP contribution in [0, 0.1) is 0 Å². The largest absolute Gasteiger partial charge is 0.573 e. The monoisotopic (exact) mass is 264 g/mol. The van der Waals surface area contributed by atoms with Gasteiger partial charge < -0.3 is 14.6 Å². The first kappa shape index (κ1) is 14.1. The Labute approximate surface area is 101 Å². The lowest BCUT2D eigenvalue weighted by molar-refractivity contribution is -0.274. The Balaban J connectivity index is 3.13. The Morgan fingerprint density at radius 2 is 1.94 bits per heavy atom. The van der Waals surface area contributed by atoms with Crippen LogP contribution in [0.2, 0.25) is 0 Å². The molecule has 0 radical (unpaired) electrons. The summed E-state index contributed by atoms with van der Waals surface area (Å²) in [6.07, 6.45) is -4.35. The van der Waals surface area contributed by atoms with Gasteiger partial charge in [-0.15, -0.1) is 13.2 Å². The first-order valence-electron chi connectivity index (χ1n) is 5.10. The molecule has 0 heterocycles. The number of benzene rings is 1. The average Bonchev–Trinajstić information content (AvgIpc) is 2.23. The fourth-order valence-electron chi connectivity index (χ4n) is 1.26. The summed E-state index contributed by atoms with van der Waals surface area (Å²) in [4.78, 5) is 11.0. The van der Waals surface area contributed by atoms with Crippen molar-refractivity contribution in [3.63, 3.8) is 0 Å². The first-order chi connectivity index (χ1) is 8.35. The Morgan fingerprint density at radius 1 is 1.33 bits per heavy atom. The van der Waals surface area contributed by atoms with Gasteiger partial charge >= 0.3 is 12.3 Å². The van der Waals surface area contributed by atoms with E-state index in [0.29, 0.717) is 6.42 Å². The van der Waals surface area contributed by atoms with Gasteiger partial charge in [-0.3, -0.25) is 0 Å². The number of hydrogen-bond acceptors (Lipinski definition) is 3. The lowest BCUT2D eigenvalue weighted by atomic mass is 10.2. The number of alkyl halides is 3. The van der Waals surface area contributed by atoms with E-state index in [1.165, 1.54) is 12.1 Å². The standard InChI is InChI=1S/C11H11F3O4/c1-2-6-17-7-4-3-5-8(9(7)10(15)16)18-11(12,13)14/h3-5H,2,6H2,1H3,(H,15,16). The molecule has 4 nitrogen and oxygen atoms in total. The summed E-state index contributed by atoms with van der Waals surface area (Å²) in [7, 11) is 0. The van der Waals surface area contributed by atoms with E-state index in [1.807, 2.05) is 0 Å². The highest BCUT2D eigenvalue weighted by atomic mass is 19.4. The molecule has 0 aliphatic rings. The second kappa shape index (κ2) is 5.61. The molecule has 0 unspecified atom stereocenters. The zero-order valence-corrected chi connectivity index (χ0v) is 9.45. The van der Waals surface area contributed by atoms with E-state index in [2.05, 4.69) is 4.74 Å². The van der Waals surface area contributed by atoms with Crippen LogP contribution in [0.25, 0.3) is 0 Å². The van der Waals surface area contributed by atoms with Crippen molar-refractivity contribution >= 4 is 5.97 Å². The molecule has 1 N–H and O–H groups in total. The molecule has 0 aromatic heterocycles. The first-order valence-corrected chi connectivity index (χ1v) is 5.10. The number of carboxylic acid groups (broad SMARTS) is 1. The third-order valence-corrected chi connectivity index (χ3v) is 1.89. The quantitative estimate of drug-likeness (QED) is 0.887. The van der Waals surface area contributed by atoms with Crippen LogP contribution in [-0.2, 0) is 0 Å². The van der Waals surface area contributed by atoms with Crippen molar-refractivity contribution in [1.29, 1.82) is 0 Å². The molecule has 0 aliphatic carbocycles. The van der Waals surface area contributed by atoms with Crippen LogP contribution in [0.4, 0.5) is 13.2 Å². The summed E-state index contributed by atoms with van der Waals surface area (Å²) in [5.41, 5.74) is -0.636. The molecule has 100 valence electrons. The number of hydrogen-bond donors (Lipinski definition) is 1. The Bertz CT molecular complexity index is 429. The number of carbonyl (C=O) groups is 1. The lowest BCUT2D eigenvalue weighted by Crippen LogP contribution is -2.19. The van der Waals surface area contributed by atoms with Crippen LogP contribution in [0.3, 0.4) is 0 Å². The molecule has 0 saturated carbocycles. The van der Waals surface area contributed by atoms with E-state index in [0.717, 1.165) is 6.07 Å². The molecule has 1 aromatic carbocycles. The predicted octanol–water partition coefficient (Wildman–Crippen LogP) is 3.07. The number of ether oxygens (including phenoxy) is 2. The molecule has 0 amide bonds. The third kappa shape index (κ3) is 3.83. The second-order valence-electron chi connectivity index (χ2n) is 3.33. The highest BCUT2D eigenvalue weighted by molar-refractivity contribution is 5.94. The normalized spacial score (nSPS) is 11.1. The van der Waals surface area contributed by atoms with Gasteiger partial charge in [0.1, 0.15) is 17.1 Å². The van der Waals surface area contributed by atoms with Crippen molar-refractivity contribution in [2.75, 3.05) is 6.61 Å². The number of carboxylic acids is 1. The minimum absolute atomic E-state index is 0.147. The molecule has 0 saturated heterocycles. The van der Waals surface area contributed by atoms with E-state index in [9.17, 15) is 18.0 Å². The van der Waals surface area contributed by atoms with Gasteiger partial charge in [0.25, 0.3) is 0 Å². The zero-order chi connectivity index (χ0) is 13.8. The highest BCUT2D eigenvalue weighted by Gasteiger charge is 2.34. The summed E-state index contributed by atoms with van der Waals surface area (Å²) in [5.74, 6) is -2.48. The molecule has 0 bridgehead atoms. The van der Waals surface area contributed by atoms with E-state index < -0.39 is 23.6 Å². The minimum atomic E-state index is -4.95. The average molecular weight is 264 g/mol. The summed E-state index contributed by atoms with van der Waals surface area (Å²) in [5, 5.41) is 8.92. The van der Waals surface area contributed by atoms with Crippen molar-refractivity contribution in [1.82, 2.24) is 0 Å². The fourth-order valence-corrected chi connectivity index (χ4v) is 1.26. The maximum Gasteiger partial charge on any atom is 0.573 e. The molecule has 7 heteroatoms. The lowest BCUT2D eigenvalue weighted by Gasteiger charge is -2.14. The minimum Gasteiger partial charge on any atom is -0.493 e. The van der Waals surface area contributed by atoms with Gasteiger partial charge in [0.2, 0.25) is 0 Å². The van der Waals surface area contributed by atoms with Gasteiger partial charge in [-0.1, -0.05) is 13.0 Å². The zero-order valence-electron chi connectivity index (χ0n) is 9.45. The van der Waals surface area contributed by atoms with E-state index in [4.69, 9.17) is 9.84 Å². The molecule has 0 spiro atoms. The van der Waals surface area contributed by atoms with Crippen LogP contribution in [0.15, 0.2) is 18.2 Å². The third-order valence-electron chi connectivity index (χ3n) is 1.89. The molecule has 1 aromatic rings. The molecular weight excluding hydrogens is 253 g/mol. The van der Waals surface area contributed by atoms with Gasteiger partial charge in [-0.25, -0.2) is 4.79 Å². The molecule has 1 rings (SSSR count). The Morgan fingerprint density at radius 3 is 2.44 bits per heavy atom. The number of aromatic carboxylic acids is 1. The summed E-state index contributed by atoms with van der Waals surface area (Å²) < 4.78 is 45.1. The number of halogens is 3. The van der Waals surface area contributed by atoms with Gasteiger partial charge in [0.15, 0.2) is 0 Å². The smallest absolute Gasteiger partial charge is 0.493 e. The summed E-state index contributed by atoms with van der Waals surface area (Å²) in [6, 6.07) is 3.44. The maximum atomic E-state index is 12.1. The molecular formula is C11H11F3O4.